The molecule has 0 aliphatic heterocycles. The molecule has 2 aromatic carbocycles. The largest absolute Gasteiger partial charge is 0.380 e. The van der Waals surface area contributed by atoms with Gasteiger partial charge in [0.25, 0.3) is 0 Å². The van der Waals surface area contributed by atoms with E-state index in [-0.39, 0.29) is 5.75 Å². The highest BCUT2D eigenvalue weighted by molar-refractivity contribution is 7.84. The van der Waals surface area contributed by atoms with E-state index in [1.807, 2.05) is 32.0 Å². The molecule has 2 N–H and O–H groups in total. The van der Waals surface area contributed by atoms with E-state index in [9.17, 15) is 13.7 Å². The second-order valence-electron chi connectivity index (χ2n) is 6.85. The van der Waals surface area contributed by atoms with Crippen LogP contribution in [0.2, 0.25) is 0 Å². The molecule has 144 valence electrons. The van der Waals surface area contributed by atoms with Gasteiger partial charge in [0, 0.05) is 0 Å². The number of nitrogens with zero attached hydrogens (tertiary/aromatic N) is 4. The Morgan fingerprint density at radius 2 is 1.89 bits per heavy atom. The second kappa shape index (κ2) is 7.42. The number of aromatic nitrogens is 3. The van der Waals surface area contributed by atoms with Crippen LogP contribution in [0.5, 0.6) is 5.75 Å². The molecule has 1 aromatic heterocycles. The first-order valence-corrected chi connectivity index (χ1v) is 9.84. The minimum Gasteiger partial charge on any atom is -0.371 e. The van der Waals surface area contributed by atoms with Crippen LogP contribution in [0.15, 0.2) is 55.1 Å². The van der Waals surface area contributed by atoms with E-state index in [4.69, 9.17) is 5.14 Å². The Bertz CT molecular complexity index is 1120. The lowest BCUT2D eigenvalue weighted by atomic mass is 9.83. The van der Waals surface area contributed by atoms with Crippen LogP contribution in [-0.2, 0) is 22.3 Å². The van der Waals surface area contributed by atoms with Crippen LogP contribution in [0, 0.1) is 11.3 Å². The van der Waals surface area contributed by atoms with Crippen molar-refractivity contribution in [3.8, 4) is 22.9 Å². The van der Waals surface area contributed by atoms with E-state index < -0.39 is 15.7 Å². The molecule has 1 heterocycles. The highest BCUT2D eigenvalue weighted by Gasteiger charge is 2.21. The fraction of sp³-hybridized carbons (Fsp3) is 0.211. The van der Waals surface area contributed by atoms with Crippen molar-refractivity contribution in [2.45, 2.75) is 25.8 Å². The minimum absolute atomic E-state index is 0.127. The van der Waals surface area contributed by atoms with Crippen LogP contribution in [0.4, 0.5) is 0 Å². The summed E-state index contributed by atoms with van der Waals surface area (Å²) in [4.78, 5) is 3.95. The van der Waals surface area contributed by atoms with Gasteiger partial charge in [0.2, 0.25) is 0 Å². The first kappa shape index (κ1) is 19.5. The number of hydrogen-bond acceptors (Lipinski definition) is 6. The maximum absolute atomic E-state index is 11.1. The predicted molar refractivity (Wildman–Crippen MR) is 103 cm³/mol. The summed E-state index contributed by atoms with van der Waals surface area (Å²) in [5, 5.41) is 18.6. The summed E-state index contributed by atoms with van der Waals surface area (Å²) >= 11 is 0. The molecule has 3 rings (SSSR count). The summed E-state index contributed by atoms with van der Waals surface area (Å²) in [5.74, 6) is 0.127. The molecule has 0 fully saturated rings. The predicted octanol–water partition coefficient (Wildman–Crippen LogP) is 2.38. The molecule has 0 bridgehead atoms. The smallest absolute Gasteiger partial charge is 0.371 e. The van der Waals surface area contributed by atoms with Crippen LogP contribution in [0.3, 0.4) is 0 Å². The standard InChI is InChI=1S/C19H19N5O3S/c1-19(2,11-20)17-8-14(10-24-13-22-12-23-24)7-16(9-17)15-3-5-18(6-4-15)27-28(21,25)26/h3-9,12-13H,10H2,1-2H3,(H2,21,25,26). The number of hydrogen-bond donors (Lipinski definition) is 1. The van der Waals surface area contributed by atoms with Gasteiger partial charge in [0.05, 0.1) is 18.0 Å². The first-order chi connectivity index (χ1) is 13.2. The third-order valence-corrected chi connectivity index (χ3v) is 4.63. The number of nitrogens with two attached hydrogens (primary N) is 1. The molecule has 0 radical (unpaired) electrons. The van der Waals surface area contributed by atoms with Gasteiger partial charge in [-0.2, -0.15) is 23.9 Å². The zero-order valence-electron chi connectivity index (χ0n) is 15.4. The van der Waals surface area contributed by atoms with Gasteiger partial charge in [-0.15, -0.1) is 0 Å². The molecule has 8 nitrogen and oxygen atoms in total. The molecule has 0 saturated carbocycles. The Morgan fingerprint density at radius 1 is 1.18 bits per heavy atom. The lowest BCUT2D eigenvalue weighted by Gasteiger charge is -2.19. The van der Waals surface area contributed by atoms with E-state index in [1.165, 1.54) is 18.5 Å². The third kappa shape index (κ3) is 4.73. The van der Waals surface area contributed by atoms with Crippen molar-refractivity contribution in [2.75, 3.05) is 0 Å². The molecule has 0 aliphatic carbocycles. The van der Waals surface area contributed by atoms with Crippen LogP contribution in [0.25, 0.3) is 11.1 Å². The molecule has 0 spiro atoms. The maximum Gasteiger partial charge on any atom is 0.380 e. The van der Waals surface area contributed by atoms with E-state index >= 15 is 0 Å². The Kier molecular flexibility index (Phi) is 5.18. The van der Waals surface area contributed by atoms with Crippen molar-refractivity contribution in [1.82, 2.24) is 14.8 Å². The van der Waals surface area contributed by atoms with Gasteiger partial charge in [-0.05, 0) is 60.4 Å². The molecule has 0 aliphatic rings. The Labute approximate surface area is 163 Å². The van der Waals surface area contributed by atoms with Gasteiger partial charge in [-0.25, -0.2) is 9.67 Å². The van der Waals surface area contributed by atoms with Crippen LogP contribution < -0.4 is 9.32 Å². The number of rotatable bonds is 6. The average molecular weight is 397 g/mol. The van der Waals surface area contributed by atoms with Crippen LogP contribution in [-0.4, -0.2) is 23.2 Å². The zero-order valence-corrected chi connectivity index (χ0v) is 16.2. The summed E-state index contributed by atoms with van der Waals surface area (Å²) in [6.45, 7) is 4.22. The van der Waals surface area contributed by atoms with Crippen LogP contribution >= 0.6 is 0 Å². The molecule has 0 atom stereocenters. The minimum atomic E-state index is -4.07. The Balaban J connectivity index is 2.01. The average Bonchev–Trinajstić information content (AvgIpc) is 3.13. The van der Waals surface area contributed by atoms with E-state index in [1.54, 1.807) is 23.1 Å². The summed E-state index contributed by atoms with van der Waals surface area (Å²) in [6, 6.07) is 14.8. The SMILES string of the molecule is CC(C)(C#N)c1cc(Cn2cncn2)cc(-c2ccc(OS(N)(=O)=O)cc2)c1. The van der Waals surface area contributed by atoms with E-state index in [0.717, 1.165) is 22.3 Å². The molecule has 28 heavy (non-hydrogen) atoms. The number of benzene rings is 2. The normalized spacial score (nSPS) is 11.8. The van der Waals surface area contributed by atoms with Crippen molar-refractivity contribution in [3.63, 3.8) is 0 Å². The molecule has 0 saturated heterocycles. The van der Waals surface area contributed by atoms with Crippen LogP contribution in [0.1, 0.15) is 25.0 Å². The van der Waals surface area contributed by atoms with Crippen molar-refractivity contribution in [2.24, 2.45) is 5.14 Å². The quantitative estimate of drug-likeness (QED) is 0.681. The highest BCUT2D eigenvalue weighted by Crippen LogP contribution is 2.30. The van der Waals surface area contributed by atoms with Crippen molar-refractivity contribution in [3.05, 3.63) is 66.2 Å². The van der Waals surface area contributed by atoms with Gasteiger partial charge in [-0.1, -0.05) is 18.2 Å². The van der Waals surface area contributed by atoms with Crippen molar-refractivity contribution < 1.29 is 12.6 Å². The summed E-state index contributed by atoms with van der Waals surface area (Å²) in [5.41, 5.74) is 2.89. The highest BCUT2D eigenvalue weighted by atomic mass is 32.2. The summed E-state index contributed by atoms with van der Waals surface area (Å²) < 4.78 is 28.5. The second-order valence-corrected chi connectivity index (χ2v) is 8.00. The zero-order chi connectivity index (χ0) is 20.4. The number of nitriles is 1. The fourth-order valence-electron chi connectivity index (χ4n) is 2.71. The van der Waals surface area contributed by atoms with Crippen molar-refractivity contribution >= 4 is 10.3 Å². The van der Waals surface area contributed by atoms with Gasteiger partial charge in [0.1, 0.15) is 18.4 Å². The third-order valence-electron chi connectivity index (χ3n) is 4.21. The maximum atomic E-state index is 11.1. The molecule has 9 heteroatoms. The Hall–Kier alpha value is -3.22. The summed E-state index contributed by atoms with van der Waals surface area (Å²) in [7, 11) is -4.07. The first-order valence-electron chi connectivity index (χ1n) is 8.37. The molecular formula is C19H19N5O3S. The molecule has 0 amide bonds. The van der Waals surface area contributed by atoms with E-state index in [0.29, 0.717) is 6.54 Å². The molecular weight excluding hydrogens is 378 g/mol. The Morgan fingerprint density at radius 3 is 2.46 bits per heavy atom. The van der Waals surface area contributed by atoms with Gasteiger partial charge >= 0.3 is 10.3 Å². The van der Waals surface area contributed by atoms with Gasteiger partial charge in [-0.3, -0.25) is 0 Å². The molecule has 0 unspecified atom stereocenters. The lowest BCUT2D eigenvalue weighted by molar-refractivity contribution is 0.488. The van der Waals surface area contributed by atoms with E-state index in [2.05, 4.69) is 20.3 Å². The van der Waals surface area contributed by atoms with Gasteiger partial charge in [0.15, 0.2) is 0 Å². The fourth-order valence-corrected chi connectivity index (χ4v) is 3.09. The van der Waals surface area contributed by atoms with Crippen molar-refractivity contribution in [1.29, 1.82) is 5.26 Å². The topological polar surface area (TPSA) is 124 Å². The monoisotopic (exact) mass is 397 g/mol. The summed E-state index contributed by atoms with van der Waals surface area (Å²) in [6.07, 6.45) is 3.09. The van der Waals surface area contributed by atoms with Gasteiger partial charge < -0.3 is 4.18 Å². The lowest BCUT2D eigenvalue weighted by Crippen LogP contribution is -2.18. The molecule has 3 aromatic rings.